The number of aromatic nitrogens is 2. The third kappa shape index (κ3) is 1.24. The van der Waals surface area contributed by atoms with Crippen LogP contribution in [0.5, 0.6) is 0 Å². The van der Waals surface area contributed by atoms with Gasteiger partial charge in [-0.05, 0) is 42.7 Å². The van der Waals surface area contributed by atoms with E-state index < -0.39 is 0 Å². The zero-order chi connectivity index (χ0) is 13.4. The first kappa shape index (κ1) is 11.0. The fourth-order valence-electron chi connectivity index (χ4n) is 3.77. The van der Waals surface area contributed by atoms with Gasteiger partial charge < -0.3 is 4.42 Å². The van der Waals surface area contributed by atoms with Gasteiger partial charge >= 0.3 is 5.91 Å². The highest BCUT2D eigenvalue weighted by Crippen LogP contribution is 2.70. The van der Waals surface area contributed by atoms with Crippen molar-refractivity contribution in [2.24, 2.45) is 11.3 Å². The Balaban J connectivity index is 1.80. The van der Waals surface area contributed by atoms with E-state index in [4.69, 9.17) is 4.42 Å². The summed E-state index contributed by atoms with van der Waals surface area (Å²) in [7, 11) is 0. The Morgan fingerprint density at radius 3 is 3.00 bits per heavy atom. The van der Waals surface area contributed by atoms with Crippen LogP contribution in [0.2, 0.25) is 0 Å². The van der Waals surface area contributed by atoms with E-state index in [1.807, 2.05) is 6.92 Å². The molecular formula is C15H16N2O2. The van der Waals surface area contributed by atoms with Gasteiger partial charge in [-0.25, -0.2) is 0 Å². The van der Waals surface area contributed by atoms with Crippen LogP contribution in [0.25, 0.3) is 0 Å². The van der Waals surface area contributed by atoms with Crippen molar-refractivity contribution >= 4 is 5.91 Å². The number of hydrogen-bond donors (Lipinski definition) is 0. The fourth-order valence-corrected chi connectivity index (χ4v) is 3.77. The zero-order valence-corrected chi connectivity index (χ0v) is 11.3. The predicted octanol–water partition coefficient (Wildman–Crippen LogP) is 2.77. The van der Waals surface area contributed by atoms with Crippen molar-refractivity contribution in [2.75, 3.05) is 0 Å². The zero-order valence-electron chi connectivity index (χ0n) is 11.3. The molecule has 2 atom stereocenters. The van der Waals surface area contributed by atoms with Crippen LogP contribution in [0.3, 0.4) is 0 Å². The maximum Gasteiger partial charge on any atom is 0.314 e. The lowest BCUT2D eigenvalue weighted by atomic mass is 9.98. The number of fused-ring (bicyclic) bond motifs is 3. The van der Waals surface area contributed by atoms with Gasteiger partial charge in [-0.3, -0.25) is 4.79 Å². The molecule has 1 fully saturated rings. The van der Waals surface area contributed by atoms with E-state index in [0.717, 1.165) is 17.8 Å². The molecule has 19 heavy (non-hydrogen) atoms. The van der Waals surface area contributed by atoms with Crippen molar-refractivity contribution in [1.29, 1.82) is 0 Å². The molecule has 0 amide bonds. The van der Waals surface area contributed by atoms with E-state index in [1.165, 1.54) is 11.8 Å². The Morgan fingerprint density at radius 1 is 1.53 bits per heavy atom. The Morgan fingerprint density at radius 2 is 2.32 bits per heavy atom. The molecule has 0 aliphatic heterocycles. The van der Waals surface area contributed by atoms with Crippen molar-refractivity contribution in [3.63, 3.8) is 0 Å². The van der Waals surface area contributed by atoms with Crippen LogP contribution < -0.4 is 0 Å². The lowest BCUT2D eigenvalue weighted by Crippen LogP contribution is -2.17. The number of rotatable bonds is 1. The van der Waals surface area contributed by atoms with Crippen LogP contribution >= 0.6 is 0 Å². The summed E-state index contributed by atoms with van der Waals surface area (Å²) in [5.74, 6) is 1.45. The van der Waals surface area contributed by atoms with E-state index in [1.54, 1.807) is 16.8 Å². The smallest absolute Gasteiger partial charge is 0.314 e. The molecule has 2 aliphatic rings. The summed E-state index contributed by atoms with van der Waals surface area (Å²) in [4.78, 5) is 12.4. The van der Waals surface area contributed by atoms with Crippen molar-refractivity contribution < 1.29 is 9.21 Å². The van der Waals surface area contributed by atoms with E-state index in [2.05, 4.69) is 18.9 Å². The monoisotopic (exact) mass is 256 g/mol. The van der Waals surface area contributed by atoms with E-state index in [9.17, 15) is 4.79 Å². The summed E-state index contributed by atoms with van der Waals surface area (Å²) < 4.78 is 6.73. The van der Waals surface area contributed by atoms with Gasteiger partial charge in [0.2, 0.25) is 0 Å². The lowest BCUT2D eigenvalue weighted by Gasteiger charge is -2.09. The van der Waals surface area contributed by atoms with Crippen LogP contribution in [-0.2, 0) is 6.42 Å². The summed E-state index contributed by atoms with van der Waals surface area (Å²) in [5.41, 5.74) is 3.76. The molecule has 98 valence electrons. The van der Waals surface area contributed by atoms with Gasteiger partial charge in [-0.1, -0.05) is 13.8 Å². The van der Waals surface area contributed by atoms with E-state index in [-0.39, 0.29) is 5.91 Å². The molecule has 0 N–H and O–H groups in total. The molecule has 0 radical (unpaired) electrons. The first-order valence-electron chi connectivity index (χ1n) is 6.68. The van der Waals surface area contributed by atoms with E-state index >= 15 is 0 Å². The molecule has 1 saturated carbocycles. The minimum atomic E-state index is -0.159. The summed E-state index contributed by atoms with van der Waals surface area (Å²) in [6.07, 6.45) is 2.48. The maximum absolute atomic E-state index is 12.4. The van der Waals surface area contributed by atoms with Crippen molar-refractivity contribution in [3.8, 4) is 0 Å². The second-order valence-corrected chi connectivity index (χ2v) is 6.25. The molecule has 2 unspecified atom stereocenters. The van der Waals surface area contributed by atoms with Crippen LogP contribution in [0, 0.1) is 18.3 Å². The van der Waals surface area contributed by atoms with Gasteiger partial charge in [-0.2, -0.15) is 9.78 Å². The largest absolute Gasteiger partial charge is 0.459 e. The standard InChI is InChI=1S/C15H16N2O2/c1-8-12-10(7-9-13(12)15(9,2)3)17(16-8)14(18)11-5-4-6-19-11/h4-6,9,13H,7H2,1-3H3. The van der Waals surface area contributed by atoms with Gasteiger partial charge in [-0.15, -0.1) is 0 Å². The van der Waals surface area contributed by atoms with Crippen LogP contribution in [0.15, 0.2) is 22.8 Å². The summed E-state index contributed by atoms with van der Waals surface area (Å²) >= 11 is 0. The predicted molar refractivity (Wildman–Crippen MR) is 69.1 cm³/mol. The van der Waals surface area contributed by atoms with Gasteiger partial charge in [0.05, 0.1) is 17.7 Å². The lowest BCUT2D eigenvalue weighted by molar-refractivity contribution is 0.0913. The molecule has 2 aliphatic carbocycles. The van der Waals surface area contributed by atoms with Gasteiger partial charge in [0.15, 0.2) is 5.76 Å². The quantitative estimate of drug-likeness (QED) is 0.788. The molecule has 0 bridgehead atoms. The summed E-state index contributed by atoms with van der Waals surface area (Å²) in [6, 6.07) is 3.41. The minimum absolute atomic E-state index is 0.159. The maximum atomic E-state index is 12.4. The van der Waals surface area contributed by atoms with Gasteiger partial charge in [0, 0.05) is 5.56 Å². The second-order valence-electron chi connectivity index (χ2n) is 6.25. The first-order chi connectivity index (χ1) is 9.01. The molecule has 2 aromatic rings. The molecule has 4 heteroatoms. The highest BCUT2D eigenvalue weighted by molar-refractivity contribution is 5.93. The number of carbonyl (C=O) groups excluding carboxylic acids is 1. The van der Waals surface area contributed by atoms with Crippen LogP contribution in [0.4, 0.5) is 0 Å². The molecule has 0 aromatic carbocycles. The van der Waals surface area contributed by atoms with Crippen LogP contribution in [0.1, 0.15) is 47.3 Å². The molecular weight excluding hydrogens is 240 g/mol. The molecule has 2 heterocycles. The van der Waals surface area contributed by atoms with Crippen molar-refractivity contribution in [2.45, 2.75) is 33.1 Å². The average Bonchev–Trinajstić information content (AvgIpc) is 2.87. The summed E-state index contributed by atoms with van der Waals surface area (Å²) in [5, 5.41) is 4.44. The van der Waals surface area contributed by atoms with E-state index in [0.29, 0.717) is 23.0 Å². The van der Waals surface area contributed by atoms with Crippen molar-refractivity contribution in [3.05, 3.63) is 41.1 Å². The topological polar surface area (TPSA) is 48.0 Å². The fraction of sp³-hybridized carbons (Fsp3) is 0.467. The third-order valence-electron chi connectivity index (χ3n) is 4.91. The Labute approximate surface area is 111 Å². The molecule has 0 spiro atoms. The Hall–Kier alpha value is -1.84. The number of carbonyl (C=O) groups is 1. The van der Waals surface area contributed by atoms with Crippen LogP contribution in [-0.4, -0.2) is 15.7 Å². The number of aryl methyl sites for hydroxylation is 1. The highest BCUT2D eigenvalue weighted by Gasteiger charge is 2.64. The Bertz CT molecular complexity index is 679. The summed E-state index contributed by atoms with van der Waals surface area (Å²) in [6.45, 7) is 6.61. The average molecular weight is 256 g/mol. The molecule has 2 aromatic heterocycles. The number of nitrogens with zero attached hydrogens (tertiary/aromatic N) is 2. The molecule has 4 rings (SSSR count). The highest BCUT2D eigenvalue weighted by atomic mass is 16.3. The SMILES string of the molecule is Cc1nn(C(=O)c2ccco2)c2c1C1C(C2)C1(C)C. The van der Waals surface area contributed by atoms with Crippen molar-refractivity contribution in [1.82, 2.24) is 9.78 Å². The molecule has 0 saturated heterocycles. The Kier molecular flexibility index (Phi) is 1.85. The minimum Gasteiger partial charge on any atom is -0.459 e. The van der Waals surface area contributed by atoms with Gasteiger partial charge in [0.25, 0.3) is 0 Å². The first-order valence-corrected chi connectivity index (χ1v) is 6.68. The number of furan rings is 1. The number of hydrogen-bond acceptors (Lipinski definition) is 3. The second kappa shape index (κ2) is 3.18. The third-order valence-corrected chi connectivity index (χ3v) is 4.91. The molecule has 4 nitrogen and oxygen atoms in total. The normalized spacial score (nSPS) is 26.1. The van der Waals surface area contributed by atoms with Gasteiger partial charge in [0.1, 0.15) is 0 Å².